The number of nitrogens with zero attached hydrogens (tertiary/aromatic N) is 5. The second-order valence-electron chi connectivity index (χ2n) is 5.23. The molecule has 1 aliphatic rings. The monoisotopic (exact) mass is 357 g/mol. The van der Waals surface area contributed by atoms with Crippen molar-refractivity contribution in [2.75, 3.05) is 17.7 Å². The van der Waals surface area contributed by atoms with E-state index in [-0.39, 0.29) is 16.9 Å². The number of hydrogen-bond donors (Lipinski definition) is 2. The molecule has 0 bridgehead atoms. The van der Waals surface area contributed by atoms with Crippen LogP contribution in [-0.2, 0) is 11.7 Å². The third-order valence-electron chi connectivity index (χ3n) is 3.63. The van der Waals surface area contributed by atoms with Crippen molar-refractivity contribution in [3.8, 4) is 6.07 Å². The molecule has 1 saturated carbocycles. The predicted molar refractivity (Wildman–Crippen MR) is 79.9 cm³/mol. The van der Waals surface area contributed by atoms with Crippen molar-refractivity contribution in [3.05, 3.63) is 23.1 Å². The maximum absolute atomic E-state index is 12.8. The summed E-state index contributed by atoms with van der Waals surface area (Å²) in [6.45, 7) is 0. The quantitative estimate of drug-likeness (QED) is 0.873. The van der Waals surface area contributed by atoms with E-state index in [0.29, 0.717) is 24.7 Å². The number of alkyl halides is 3. The average molecular weight is 358 g/mol. The van der Waals surface area contributed by atoms with Gasteiger partial charge in [0.25, 0.3) is 0 Å². The van der Waals surface area contributed by atoms with Crippen LogP contribution in [0.25, 0.3) is 0 Å². The van der Waals surface area contributed by atoms with E-state index >= 15 is 0 Å². The van der Waals surface area contributed by atoms with Crippen LogP contribution in [0, 0.1) is 11.3 Å². The Hall–Kier alpha value is -2.54. The molecule has 0 amide bonds. The molecule has 2 heterocycles. The first-order chi connectivity index (χ1) is 11.3. The van der Waals surface area contributed by atoms with Crippen molar-refractivity contribution in [2.24, 2.45) is 0 Å². The molecule has 2 aromatic rings. The highest BCUT2D eigenvalue weighted by molar-refractivity contribution is 6.32. The van der Waals surface area contributed by atoms with Gasteiger partial charge in [-0.3, -0.25) is 0 Å². The standard InChI is InChI=1S/C13H11ClF3N7/c1-19-10-7(13(15,16)17)4-20-11(23-10)22-8-5-21-24(9(8)14)12(6-18)2-3-12/h4-5H,2-3H2,1H3,(H2,19,20,22,23). The molecule has 1 aliphatic carbocycles. The molecule has 0 unspecified atom stereocenters. The highest BCUT2D eigenvalue weighted by atomic mass is 35.5. The highest BCUT2D eigenvalue weighted by Crippen LogP contribution is 2.45. The Morgan fingerprint density at radius 1 is 1.38 bits per heavy atom. The van der Waals surface area contributed by atoms with Gasteiger partial charge in [-0.15, -0.1) is 0 Å². The van der Waals surface area contributed by atoms with Crippen LogP contribution in [-0.4, -0.2) is 26.8 Å². The highest BCUT2D eigenvalue weighted by Gasteiger charge is 2.47. The second-order valence-corrected chi connectivity index (χ2v) is 5.59. The Balaban J connectivity index is 1.89. The number of hydrogen-bond acceptors (Lipinski definition) is 6. The van der Waals surface area contributed by atoms with Crippen molar-refractivity contribution in [3.63, 3.8) is 0 Å². The summed E-state index contributed by atoms with van der Waals surface area (Å²) >= 11 is 6.19. The molecule has 2 aromatic heterocycles. The van der Waals surface area contributed by atoms with Crippen LogP contribution in [0.5, 0.6) is 0 Å². The zero-order valence-corrected chi connectivity index (χ0v) is 13.1. The Bertz CT molecular complexity index is 820. The van der Waals surface area contributed by atoms with E-state index in [2.05, 4.69) is 31.8 Å². The summed E-state index contributed by atoms with van der Waals surface area (Å²) in [6, 6.07) is 2.15. The minimum absolute atomic E-state index is 0.0735. The molecule has 11 heteroatoms. The first kappa shape index (κ1) is 16.3. The Labute approximate surface area is 139 Å². The van der Waals surface area contributed by atoms with Crippen molar-refractivity contribution >= 4 is 29.1 Å². The van der Waals surface area contributed by atoms with E-state index < -0.39 is 17.3 Å². The lowest BCUT2D eigenvalue weighted by Crippen LogP contribution is -2.16. The SMILES string of the molecule is CNc1nc(Nc2cnn(C3(C#N)CC3)c2Cl)ncc1C(F)(F)F. The Morgan fingerprint density at radius 2 is 2.08 bits per heavy atom. The van der Waals surface area contributed by atoms with Gasteiger partial charge in [0.05, 0.1) is 18.0 Å². The Kier molecular flexibility index (Phi) is 3.76. The minimum Gasteiger partial charge on any atom is -0.372 e. The first-order valence-electron chi connectivity index (χ1n) is 6.85. The van der Waals surface area contributed by atoms with Crippen molar-refractivity contribution in [1.82, 2.24) is 19.7 Å². The summed E-state index contributed by atoms with van der Waals surface area (Å²) in [4.78, 5) is 7.44. The smallest absolute Gasteiger partial charge is 0.372 e. The van der Waals surface area contributed by atoms with Gasteiger partial charge in [-0.05, 0) is 12.8 Å². The van der Waals surface area contributed by atoms with Gasteiger partial charge in [-0.2, -0.15) is 28.5 Å². The molecule has 0 spiro atoms. The molecule has 2 N–H and O–H groups in total. The van der Waals surface area contributed by atoms with Crippen molar-refractivity contribution in [2.45, 2.75) is 24.6 Å². The van der Waals surface area contributed by atoms with Gasteiger partial charge >= 0.3 is 6.18 Å². The van der Waals surface area contributed by atoms with Crippen LogP contribution in [0.4, 0.5) is 30.6 Å². The molecule has 0 aliphatic heterocycles. The minimum atomic E-state index is -4.56. The summed E-state index contributed by atoms with van der Waals surface area (Å²) in [7, 11) is 1.33. The van der Waals surface area contributed by atoms with E-state index in [1.165, 1.54) is 17.9 Å². The van der Waals surface area contributed by atoms with Gasteiger partial charge in [-0.25, -0.2) is 9.67 Å². The largest absolute Gasteiger partial charge is 0.421 e. The molecule has 0 aromatic carbocycles. The van der Waals surface area contributed by atoms with Gasteiger partial charge in [0, 0.05) is 13.2 Å². The van der Waals surface area contributed by atoms with E-state index in [1.807, 2.05) is 0 Å². The van der Waals surface area contributed by atoms with E-state index in [1.54, 1.807) is 0 Å². The zero-order chi connectivity index (χ0) is 17.5. The molecule has 7 nitrogen and oxygen atoms in total. The van der Waals surface area contributed by atoms with E-state index in [9.17, 15) is 18.4 Å². The van der Waals surface area contributed by atoms with E-state index in [0.717, 1.165) is 0 Å². The number of rotatable bonds is 4. The van der Waals surface area contributed by atoms with Crippen LogP contribution in [0.1, 0.15) is 18.4 Å². The summed E-state index contributed by atoms with van der Waals surface area (Å²) < 4.78 is 39.9. The van der Waals surface area contributed by atoms with Crippen LogP contribution < -0.4 is 10.6 Å². The maximum atomic E-state index is 12.8. The number of aromatic nitrogens is 4. The van der Waals surface area contributed by atoms with Gasteiger partial charge in [0.1, 0.15) is 11.4 Å². The summed E-state index contributed by atoms with van der Waals surface area (Å²) in [5, 5.41) is 18.5. The van der Waals surface area contributed by atoms with Gasteiger partial charge in [0.2, 0.25) is 5.95 Å². The topological polar surface area (TPSA) is 91.5 Å². The Morgan fingerprint density at radius 3 is 2.62 bits per heavy atom. The number of halogens is 4. The molecular formula is C13H11ClF3N7. The lowest BCUT2D eigenvalue weighted by molar-refractivity contribution is -0.137. The third kappa shape index (κ3) is 2.71. The molecule has 24 heavy (non-hydrogen) atoms. The van der Waals surface area contributed by atoms with Crippen LogP contribution in [0.3, 0.4) is 0 Å². The van der Waals surface area contributed by atoms with Crippen LogP contribution in [0.15, 0.2) is 12.4 Å². The molecule has 0 saturated heterocycles. The summed E-state index contributed by atoms with van der Waals surface area (Å²) in [5.41, 5.74) is -1.41. The summed E-state index contributed by atoms with van der Waals surface area (Å²) in [6.07, 6.45) is -1.22. The van der Waals surface area contributed by atoms with Crippen LogP contribution >= 0.6 is 11.6 Å². The lowest BCUT2D eigenvalue weighted by Gasteiger charge is -2.12. The average Bonchev–Trinajstić information content (AvgIpc) is 3.26. The molecular weight excluding hydrogens is 347 g/mol. The number of nitriles is 1. The molecule has 126 valence electrons. The molecule has 0 radical (unpaired) electrons. The fourth-order valence-corrected chi connectivity index (χ4v) is 2.47. The van der Waals surface area contributed by atoms with Crippen LogP contribution in [0.2, 0.25) is 5.15 Å². The second kappa shape index (κ2) is 5.52. The number of anilines is 3. The predicted octanol–water partition coefficient (Wildman–Crippen LogP) is 3.14. The van der Waals surface area contributed by atoms with E-state index in [4.69, 9.17) is 11.6 Å². The van der Waals surface area contributed by atoms with Crippen molar-refractivity contribution in [1.29, 1.82) is 5.26 Å². The van der Waals surface area contributed by atoms with Gasteiger partial charge < -0.3 is 10.6 Å². The van der Waals surface area contributed by atoms with Gasteiger partial charge in [0.15, 0.2) is 10.7 Å². The number of nitrogens with one attached hydrogen (secondary N) is 2. The first-order valence-corrected chi connectivity index (χ1v) is 7.23. The fraction of sp³-hybridized carbons (Fsp3) is 0.385. The lowest BCUT2D eigenvalue weighted by atomic mass is 10.3. The third-order valence-corrected chi connectivity index (χ3v) is 3.99. The molecule has 0 atom stereocenters. The molecule has 1 fully saturated rings. The van der Waals surface area contributed by atoms with Gasteiger partial charge in [-0.1, -0.05) is 11.6 Å². The molecule has 3 rings (SSSR count). The maximum Gasteiger partial charge on any atom is 0.421 e. The fourth-order valence-electron chi connectivity index (χ4n) is 2.17. The van der Waals surface area contributed by atoms with Crippen molar-refractivity contribution < 1.29 is 13.2 Å². The zero-order valence-electron chi connectivity index (χ0n) is 12.3. The normalized spacial score (nSPS) is 15.7. The summed E-state index contributed by atoms with van der Waals surface area (Å²) in [5.74, 6) is -0.435.